The molecule has 0 aliphatic carbocycles. The number of hydrogen-bond acceptors (Lipinski definition) is 2. The van der Waals surface area contributed by atoms with E-state index in [1.165, 1.54) is 5.56 Å². The van der Waals surface area contributed by atoms with Crippen LogP contribution in [-0.2, 0) is 11.2 Å². The predicted octanol–water partition coefficient (Wildman–Crippen LogP) is 2.99. The van der Waals surface area contributed by atoms with Crippen molar-refractivity contribution < 1.29 is 9.90 Å². The van der Waals surface area contributed by atoms with Crippen LogP contribution in [0.2, 0.25) is 0 Å². The van der Waals surface area contributed by atoms with E-state index in [1.807, 2.05) is 32.0 Å². The van der Waals surface area contributed by atoms with Crippen LogP contribution < -0.4 is 0 Å². The standard InChI is InChI=1S/C15H15NO2/c1-10-5-6-13(11(2)8-10)15-12(9-14(17)18)4-3-7-16-15/h3-8H,9H2,1-2H3,(H,17,18). The van der Waals surface area contributed by atoms with Crippen molar-refractivity contribution >= 4 is 5.97 Å². The fourth-order valence-corrected chi connectivity index (χ4v) is 2.07. The van der Waals surface area contributed by atoms with Crippen LogP contribution in [0.3, 0.4) is 0 Å². The Morgan fingerprint density at radius 2 is 2.06 bits per heavy atom. The fourth-order valence-electron chi connectivity index (χ4n) is 2.07. The Bertz CT molecular complexity index is 591. The van der Waals surface area contributed by atoms with Gasteiger partial charge in [0.25, 0.3) is 0 Å². The minimum Gasteiger partial charge on any atom is -0.481 e. The number of hydrogen-bond donors (Lipinski definition) is 1. The van der Waals surface area contributed by atoms with Gasteiger partial charge in [0, 0.05) is 11.8 Å². The lowest BCUT2D eigenvalue weighted by molar-refractivity contribution is -0.136. The third-order valence-corrected chi connectivity index (χ3v) is 2.87. The summed E-state index contributed by atoms with van der Waals surface area (Å²) in [5.41, 5.74) is 4.80. The molecular weight excluding hydrogens is 226 g/mol. The number of carboxylic acids is 1. The summed E-state index contributed by atoms with van der Waals surface area (Å²) in [5.74, 6) is -0.839. The van der Waals surface area contributed by atoms with Gasteiger partial charge in [0.15, 0.2) is 0 Å². The van der Waals surface area contributed by atoms with Crippen molar-refractivity contribution in [1.82, 2.24) is 4.98 Å². The second-order valence-electron chi connectivity index (χ2n) is 4.40. The van der Waals surface area contributed by atoms with E-state index < -0.39 is 5.97 Å². The zero-order valence-corrected chi connectivity index (χ0v) is 10.5. The van der Waals surface area contributed by atoms with Gasteiger partial charge in [-0.05, 0) is 31.0 Å². The topological polar surface area (TPSA) is 50.2 Å². The van der Waals surface area contributed by atoms with Gasteiger partial charge in [0.2, 0.25) is 0 Å². The first-order valence-electron chi connectivity index (χ1n) is 5.81. The summed E-state index contributed by atoms with van der Waals surface area (Å²) in [6.45, 7) is 4.05. The maximum Gasteiger partial charge on any atom is 0.307 e. The van der Waals surface area contributed by atoms with E-state index in [0.717, 1.165) is 22.4 Å². The summed E-state index contributed by atoms with van der Waals surface area (Å²) in [6, 6.07) is 9.68. The zero-order valence-electron chi connectivity index (χ0n) is 10.5. The van der Waals surface area contributed by atoms with Crippen LogP contribution in [0.15, 0.2) is 36.5 Å². The molecule has 92 valence electrons. The molecule has 0 radical (unpaired) electrons. The van der Waals surface area contributed by atoms with E-state index in [2.05, 4.69) is 11.1 Å². The summed E-state index contributed by atoms with van der Waals surface area (Å²) < 4.78 is 0. The van der Waals surface area contributed by atoms with Crippen molar-refractivity contribution in [3.63, 3.8) is 0 Å². The van der Waals surface area contributed by atoms with Gasteiger partial charge in [0.05, 0.1) is 12.1 Å². The molecule has 0 aliphatic rings. The SMILES string of the molecule is Cc1ccc(-c2ncccc2CC(=O)O)c(C)c1. The van der Waals surface area contributed by atoms with Crippen molar-refractivity contribution in [2.75, 3.05) is 0 Å². The van der Waals surface area contributed by atoms with Crippen LogP contribution in [0.1, 0.15) is 16.7 Å². The van der Waals surface area contributed by atoms with Crippen LogP contribution in [-0.4, -0.2) is 16.1 Å². The van der Waals surface area contributed by atoms with Crippen LogP contribution in [0.5, 0.6) is 0 Å². The summed E-state index contributed by atoms with van der Waals surface area (Å²) in [5, 5.41) is 8.92. The molecule has 2 aromatic rings. The zero-order chi connectivity index (χ0) is 13.1. The van der Waals surface area contributed by atoms with Crippen LogP contribution in [0.4, 0.5) is 0 Å². The molecule has 0 saturated carbocycles. The smallest absolute Gasteiger partial charge is 0.307 e. The van der Waals surface area contributed by atoms with Crippen molar-refractivity contribution in [1.29, 1.82) is 0 Å². The van der Waals surface area contributed by atoms with Gasteiger partial charge in [-0.25, -0.2) is 0 Å². The predicted molar refractivity (Wildman–Crippen MR) is 70.5 cm³/mol. The van der Waals surface area contributed by atoms with Gasteiger partial charge in [-0.2, -0.15) is 0 Å². The molecule has 1 N–H and O–H groups in total. The Labute approximate surface area is 106 Å². The summed E-state index contributed by atoms with van der Waals surface area (Å²) >= 11 is 0. The highest BCUT2D eigenvalue weighted by Crippen LogP contribution is 2.25. The van der Waals surface area contributed by atoms with Gasteiger partial charge in [-0.1, -0.05) is 29.8 Å². The van der Waals surface area contributed by atoms with Gasteiger partial charge in [0.1, 0.15) is 0 Å². The summed E-state index contributed by atoms with van der Waals surface area (Å²) in [4.78, 5) is 15.2. The van der Waals surface area contributed by atoms with Crippen molar-refractivity contribution in [3.05, 3.63) is 53.2 Å². The molecule has 0 saturated heterocycles. The second-order valence-corrected chi connectivity index (χ2v) is 4.40. The highest BCUT2D eigenvalue weighted by molar-refractivity contribution is 5.76. The maximum atomic E-state index is 10.9. The number of aryl methyl sites for hydroxylation is 2. The largest absolute Gasteiger partial charge is 0.481 e. The Kier molecular flexibility index (Phi) is 3.42. The first-order chi connectivity index (χ1) is 8.58. The molecule has 0 aliphatic heterocycles. The lowest BCUT2D eigenvalue weighted by atomic mass is 9.98. The van der Waals surface area contributed by atoms with Gasteiger partial charge in [-0.3, -0.25) is 9.78 Å². The second kappa shape index (κ2) is 5.00. The van der Waals surface area contributed by atoms with Crippen LogP contribution in [0.25, 0.3) is 11.3 Å². The average molecular weight is 241 g/mol. The lowest BCUT2D eigenvalue weighted by Gasteiger charge is -2.10. The molecule has 0 fully saturated rings. The van der Waals surface area contributed by atoms with Crippen molar-refractivity contribution in [2.24, 2.45) is 0 Å². The molecule has 1 aromatic heterocycles. The third-order valence-electron chi connectivity index (χ3n) is 2.87. The third kappa shape index (κ3) is 2.56. The Balaban J connectivity index is 2.53. The molecule has 2 rings (SSSR count). The maximum absolute atomic E-state index is 10.9. The number of nitrogens with zero attached hydrogens (tertiary/aromatic N) is 1. The summed E-state index contributed by atoms with van der Waals surface area (Å²) in [7, 11) is 0. The van der Waals surface area contributed by atoms with E-state index in [9.17, 15) is 4.79 Å². The van der Waals surface area contributed by atoms with E-state index in [-0.39, 0.29) is 6.42 Å². The molecule has 0 spiro atoms. The fraction of sp³-hybridized carbons (Fsp3) is 0.200. The van der Waals surface area contributed by atoms with E-state index in [4.69, 9.17) is 5.11 Å². The van der Waals surface area contributed by atoms with Crippen molar-refractivity contribution in [3.8, 4) is 11.3 Å². The number of aromatic nitrogens is 1. The first-order valence-corrected chi connectivity index (χ1v) is 5.81. The molecule has 3 heteroatoms. The van der Waals surface area contributed by atoms with Crippen LogP contribution >= 0.6 is 0 Å². The molecule has 0 atom stereocenters. The Morgan fingerprint density at radius 1 is 1.28 bits per heavy atom. The quantitative estimate of drug-likeness (QED) is 0.898. The van der Waals surface area contributed by atoms with E-state index >= 15 is 0 Å². The number of carboxylic acid groups (broad SMARTS) is 1. The van der Waals surface area contributed by atoms with E-state index in [1.54, 1.807) is 12.3 Å². The van der Waals surface area contributed by atoms with Gasteiger partial charge < -0.3 is 5.11 Å². The molecule has 18 heavy (non-hydrogen) atoms. The minimum absolute atomic E-state index is 0.00348. The molecular formula is C15H15NO2. The molecule has 1 heterocycles. The van der Waals surface area contributed by atoms with Crippen molar-refractivity contribution in [2.45, 2.75) is 20.3 Å². The molecule has 3 nitrogen and oxygen atoms in total. The Hall–Kier alpha value is -2.16. The number of benzene rings is 1. The van der Waals surface area contributed by atoms with E-state index in [0.29, 0.717) is 0 Å². The van der Waals surface area contributed by atoms with Crippen LogP contribution in [0, 0.1) is 13.8 Å². The average Bonchev–Trinajstić information content (AvgIpc) is 2.30. The Morgan fingerprint density at radius 3 is 2.72 bits per heavy atom. The highest BCUT2D eigenvalue weighted by atomic mass is 16.4. The minimum atomic E-state index is -0.839. The number of aliphatic carboxylic acids is 1. The van der Waals surface area contributed by atoms with Gasteiger partial charge in [-0.15, -0.1) is 0 Å². The summed E-state index contributed by atoms with van der Waals surface area (Å²) in [6.07, 6.45) is 1.69. The van der Waals surface area contributed by atoms with Gasteiger partial charge >= 0.3 is 5.97 Å². The molecule has 1 aromatic carbocycles. The number of pyridine rings is 1. The number of carbonyl (C=O) groups is 1. The molecule has 0 amide bonds. The highest BCUT2D eigenvalue weighted by Gasteiger charge is 2.11. The number of rotatable bonds is 3. The first kappa shape index (κ1) is 12.3. The lowest BCUT2D eigenvalue weighted by Crippen LogP contribution is -2.03. The molecule has 0 bridgehead atoms. The molecule has 0 unspecified atom stereocenters. The monoisotopic (exact) mass is 241 g/mol. The normalized spacial score (nSPS) is 10.3.